The average molecular weight is 717 g/mol. The molecule has 3 aliphatic rings. The lowest BCUT2D eigenvalue weighted by molar-refractivity contribution is 0.660. The lowest BCUT2D eigenvalue weighted by Crippen LogP contribution is -2.21. The lowest BCUT2D eigenvalue weighted by Gasteiger charge is -2.45. The highest BCUT2D eigenvalue weighted by Gasteiger charge is 2.38. The zero-order valence-corrected chi connectivity index (χ0v) is 32.2. The fraction of sp³-hybridized carbons (Fsp3) is 0.137. The standard InChI is InChI=1S/C51H44N2S/c1-51(2)43-33-36(22-21-35-23-28-39(29-24-35)52-45-15-7-5-13-37(45)26-27-38-14-6-8-16-46(38)52)25-31-41(43)42-32-30-40(34-44(42)51)53-47-17-9-11-19-49(47)54(3,4)50-20-12-10-18-48(50)53/h5-25,28-34H,26-27H2,1-4H3/b22-21+. The van der Waals surface area contributed by atoms with E-state index in [1.54, 1.807) is 0 Å². The zero-order chi connectivity index (χ0) is 36.6. The van der Waals surface area contributed by atoms with Crippen molar-refractivity contribution in [1.82, 2.24) is 0 Å². The summed E-state index contributed by atoms with van der Waals surface area (Å²) in [6, 6.07) is 58.9. The van der Waals surface area contributed by atoms with Gasteiger partial charge in [-0.05, 0) is 131 Å². The van der Waals surface area contributed by atoms with Crippen molar-refractivity contribution in [2.24, 2.45) is 0 Å². The van der Waals surface area contributed by atoms with Gasteiger partial charge in [0, 0.05) is 38.0 Å². The normalized spacial score (nSPS) is 16.4. The van der Waals surface area contributed by atoms with Crippen LogP contribution < -0.4 is 9.80 Å². The molecule has 2 aliphatic heterocycles. The molecule has 7 aromatic rings. The molecule has 2 heterocycles. The number of fused-ring (bicyclic) bond motifs is 7. The Morgan fingerprint density at radius 2 is 0.907 bits per heavy atom. The minimum Gasteiger partial charge on any atom is -0.310 e. The molecule has 54 heavy (non-hydrogen) atoms. The van der Waals surface area contributed by atoms with Gasteiger partial charge in [-0.25, -0.2) is 0 Å². The van der Waals surface area contributed by atoms with Gasteiger partial charge in [-0.1, -0.05) is 123 Å². The zero-order valence-electron chi connectivity index (χ0n) is 31.4. The molecule has 1 aliphatic carbocycles. The Morgan fingerprint density at radius 1 is 0.463 bits per heavy atom. The van der Waals surface area contributed by atoms with Crippen LogP contribution in [0.15, 0.2) is 168 Å². The molecule has 0 bridgehead atoms. The predicted octanol–water partition coefficient (Wildman–Crippen LogP) is 14.0. The fourth-order valence-electron chi connectivity index (χ4n) is 9.14. The smallest absolute Gasteiger partial charge is 0.0586 e. The number of hydrogen-bond acceptors (Lipinski definition) is 2. The van der Waals surface area contributed by atoms with Crippen molar-refractivity contribution in [3.8, 4) is 11.1 Å². The second kappa shape index (κ2) is 12.4. The first-order valence-electron chi connectivity index (χ1n) is 19.0. The molecule has 10 rings (SSSR count). The molecular formula is C51H44N2S. The maximum atomic E-state index is 2.49. The molecule has 7 aromatic carbocycles. The van der Waals surface area contributed by atoms with Crippen molar-refractivity contribution >= 4 is 56.3 Å². The van der Waals surface area contributed by atoms with E-state index in [0.717, 1.165) is 12.8 Å². The first-order valence-corrected chi connectivity index (χ1v) is 21.5. The lowest BCUT2D eigenvalue weighted by atomic mass is 9.81. The van der Waals surface area contributed by atoms with Crippen LogP contribution in [0.2, 0.25) is 0 Å². The molecule has 0 amide bonds. The number of anilines is 6. The van der Waals surface area contributed by atoms with Crippen LogP contribution in [0.4, 0.5) is 34.1 Å². The minimum atomic E-state index is -1.13. The van der Waals surface area contributed by atoms with E-state index in [1.165, 1.54) is 88.4 Å². The molecule has 0 fully saturated rings. The number of benzene rings is 7. The van der Waals surface area contributed by atoms with Gasteiger partial charge < -0.3 is 9.80 Å². The third-order valence-electron chi connectivity index (χ3n) is 12.0. The summed E-state index contributed by atoms with van der Waals surface area (Å²) < 4.78 is 0. The van der Waals surface area contributed by atoms with E-state index in [0.29, 0.717) is 0 Å². The molecule has 0 spiro atoms. The molecule has 0 saturated heterocycles. The summed E-state index contributed by atoms with van der Waals surface area (Å²) in [7, 11) is -1.13. The van der Waals surface area contributed by atoms with Crippen LogP contribution in [0.3, 0.4) is 0 Å². The van der Waals surface area contributed by atoms with Crippen LogP contribution in [-0.4, -0.2) is 12.5 Å². The highest BCUT2D eigenvalue weighted by Crippen LogP contribution is 2.67. The van der Waals surface area contributed by atoms with Crippen LogP contribution in [-0.2, 0) is 18.3 Å². The second-order valence-electron chi connectivity index (χ2n) is 15.8. The minimum absolute atomic E-state index is 0.134. The van der Waals surface area contributed by atoms with E-state index in [2.05, 4.69) is 206 Å². The monoisotopic (exact) mass is 716 g/mol. The summed E-state index contributed by atoms with van der Waals surface area (Å²) in [4.78, 5) is 7.80. The van der Waals surface area contributed by atoms with Gasteiger partial charge in [0.1, 0.15) is 0 Å². The molecule has 264 valence electrons. The van der Waals surface area contributed by atoms with Crippen LogP contribution >= 0.6 is 10.0 Å². The quantitative estimate of drug-likeness (QED) is 0.167. The highest BCUT2D eigenvalue weighted by molar-refractivity contribution is 8.33. The summed E-state index contributed by atoms with van der Waals surface area (Å²) in [6.07, 6.45) is 11.5. The Bertz CT molecular complexity index is 2530. The molecule has 0 N–H and O–H groups in total. The summed E-state index contributed by atoms with van der Waals surface area (Å²) in [5, 5.41) is 0. The average Bonchev–Trinajstić information content (AvgIpc) is 3.31. The SMILES string of the molecule is CC1(C)c2cc(/C=C/c3ccc(N4c5ccccc5CCc5ccccc54)cc3)ccc2-c2ccc(N3c4ccccc4S(C)(C)c4ccccc43)cc21. The number of para-hydroxylation sites is 4. The Balaban J connectivity index is 0.954. The first-order chi connectivity index (χ1) is 26.3. The van der Waals surface area contributed by atoms with E-state index in [-0.39, 0.29) is 5.41 Å². The summed E-state index contributed by atoms with van der Waals surface area (Å²) in [5.41, 5.74) is 18.1. The molecule has 0 aromatic heterocycles. The molecular weight excluding hydrogens is 673 g/mol. The van der Waals surface area contributed by atoms with E-state index in [9.17, 15) is 0 Å². The predicted molar refractivity (Wildman–Crippen MR) is 232 cm³/mol. The second-order valence-corrected chi connectivity index (χ2v) is 19.3. The van der Waals surface area contributed by atoms with Gasteiger partial charge in [0.15, 0.2) is 0 Å². The van der Waals surface area contributed by atoms with Crippen molar-refractivity contribution < 1.29 is 0 Å². The van der Waals surface area contributed by atoms with Gasteiger partial charge in [-0.2, -0.15) is 10.0 Å². The molecule has 0 saturated carbocycles. The van der Waals surface area contributed by atoms with Crippen molar-refractivity contribution in [1.29, 1.82) is 0 Å². The van der Waals surface area contributed by atoms with E-state index in [4.69, 9.17) is 0 Å². The highest BCUT2D eigenvalue weighted by atomic mass is 32.3. The Morgan fingerprint density at radius 3 is 1.52 bits per heavy atom. The Kier molecular flexibility index (Phi) is 7.54. The van der Waals surface area contributed by atoms with Crippen LogP contribution in [0.25, 0.3) is 23.3 Å². The molecule has 0 unspecified atom stereocenters. The van der Waals surface area contributed by atoms with Crippen molar-refractivity contribution in [2.45, 2.75) is 41.9 Å². The Hall–Kier alpha value is -5.77. The number of aryl methyl sites for hydroxylation is 2. The van der Waals surface area contributed by atoms with Gasteiger partial charge in [0.05, 0.1) is 11.4 Å². The summed E-state index contributed by atoms with van der Waals surface area (Å²) in [5.74, 6) is 0. The van der Waals surface area contributed by atoms with E-state index >= 15 is 0 Å². The van der Waals surface area contributed by atoms with Gasteiger partial charge >= 0.3 is 0 Å². The van der Waals surface area contributed by atoms with Crippen LogP contribution in [0, 0.1) is 0 Å². The number of rotatable bonds is 4. The summed E-state index contributed by atoms with van der Waals surface area (Å²) >= 11 is 0. The maximum Gasteiger partial charge on any atom is 0.0586 e. The van der Waals surface area contributed by atoms with Crippen LogP contribution in [0.1, 0.15) is 47.2 Å². The summed E-state index contributed by atoms with van der Waals surface area (Å²) in [6.45, 7) is 4.77. The first kappa shape index (κ1) is 32.8. The van der Waals surface area contributed by atoms with Gasteiger partial charge in [0.2, 0.25) is 0 Å². The Labute approximate surface area is 321 Å². The van der Waals surface area contributed by atoms with Gasteiger partial charge in [0.25, 0.3) is 0 Å². The van der Waals surface area contributed by atoms with E-state index < -0.39 is 10.0 Å². The third-order valence-corrected chi connectivity index (χ3v) is 14.9. The topological polar surface area (TPSA) is 6.48 Å². The molecule has 2 nitrogen and oxygen atoms in total. The number of hydrogen-bond donors (Lipinski definition) is 0. The van der Waals surface area contributed by atoms with Crippen molar-refractivity contribution in [3.63, 3.8) is 0 Å². The largest absolute Gasteiger partial charge is 0.310 e. The fourth-order valence-corrected chi connectivity index (χ4v) is 11.6. The molecule has 0 atom stereocenters. The molecule has 0 radical (unpaired) electrons. The molecule has 3 heteroatoms. The van der Waals surface area contributed by atoms with Crippen molar-refractivity contribution in [3.05, 3.63) is 191 Å². The van der Waals surface area contributed by atoms with E-state index in [1.807, 2.05) is 0 Å². The van der Waals surface area contributed by atoms with Gasteiger partial charge in [-0.15, -0.1) is 0 Å². The third kappa shape index (κ3) is 5.10. The van der Waals surface area contributed by atoms with Gasteiger partial charge in [-0.3, -0.25) is 0 Å². The maximum absolute atomic E-state index is 2.49. The van der Waals surface area contributed by atoms with Crippen molar-refractivity contribution in [2.75, 3.05) is 22.3 Å². The van der Waals surface area contributed by atoms with Crippen LogP contribution in [0.5, 0.6) is 0 Å². The number of nitrogens with zero attached hydrogens (tertiary/aromatic N) is 2.